The summed E-state index contributed by atoms with van der Waals surface area (Å²) in [6.45, 7) is 0. The van der Waals surface area contributed by atoms with E-state index in [1.54, 1.807) is 12.6 Å². The molecule has 4 aromatic rings. The van der Waals surface area contributed by atoms with Gasteiger partial charge in [0.15, 0.2) is 5.16 Å². The molecule has 0 saturated heterocycles. The lowest BCUT2D eigenvalue weighted by Crippen LogP contribution is -1.95. The summed E-state index contributed by atoms with van der Waals surface area (Å²) >= 11 is 13.6. The monoisotopic (exact) mass is 402 g/mol. The SMILES string of the molecule is Clc1cccc(-c2nc(CSc3nncn3-c3cccc(Cl)c3)co2)c1. The van der Waals surface area contributed by atoms with Gasteiger partial charge in [-0.05, 0) is 36.4 Å². The number of oxazole rings is 1. The van der Waals surface area contributed by atoms with E-state index in [0.29, 0.717) is 21.7 Å². The zero-order valence-corrected chi connectivity index (χ0v) is 15.7. The molecule has 0 amide bonds. The highest BCUT2D eigenvalue weighted by atomic mass is 35.5. The first-order valence-electron chi connectivity index (χ1n) is 7.68. The Morgan fingerprint density at radius 2 is 1.85 bits per heavy atom. The Labute approximate surface area is 164 Å². The fraction of sp³-hybridized carbons (Fsp3) is 0.0556. The maximum absolute atomic E-state index is 6.07. The van der Waals surface area contributed by atoms with Crippen LogP contribution in [0.2, 0.25) is 10.0 Å². The standard InChI is InChI=1S/C18H12Cl2N4OS/c19-13-4-1-3-12(7-13)17-22-15(9-25-17)10-26-18-23-21-11-24(18)16-6-2-5-14(20)8-16/h1-9,11H,10H2. The minimum Gasteiger partial charge on any atom is -0.444 e. The molecule has 0 saturated carbocycles. The Morgan fingerprint density at radius 3 is 2.65 bits per heavy atom. The molecular formula is C18H12Cl2N4OS. The highest BCUT2D eigenvalue weighted by molar-refractivity contribution is 7.98. The summed E-state index contributed by atoms with van der Waals surface area (Å²) < 4.78 is 7.45. The lowest BCUT2D eigenvalue weighted by molar-refractivity contribution is 0.573. The van der Waals surface area contributed by atoms with E-state index in [1.165, 1.54) is 11.8 Å². The van der Waals surface area contributed by atoms with E-state index in [1.807, 2.05) is 53.1 Å². The van der Waals surface area contributed by atoms with Gasteiger partial charge in [-0.1, -0.05) is 47.1 Å². The predicted octanol–water partition coefficient (Wildman–Crippen LogP) is 5.52. The number of aromatic nitrogens is 4. The van der Waals surface area contributed by atoms with Gasteiger partial charge in [0.25, 0.3) is 0 Å². The third-order valence-electron chi connectivity index (χ3n) is 3.58. The van der Waals surface area contributed by atoms with Crippen LogP contribution in [0.3, 0.4) is 0 Å². The average Bonchev–Trinajstić information content (AvgIpc) is 3.29. The Balaban J connectivity index is 1.50. The van der Waals surface area contributed by atoms with Crippen LogP contribution in [0, 0.1) is 0 Å². The van der Waals surface area contributed by atoms with Gasteiger partial charge in [-0.3, -0.25) is 4.57 Å². The molecule has 0 unspecified atom stereocenters. The molecular weight excluding hydrogens is 391 g/mol. The molecule has 0 N–H and O–H groups in total. The van der Waals surface area contributed by atoms with Crippen LogP contribution in [0.4, 0.5) is 0 Å². The van der Waals surface area contributed by atoms with Crippen molar-refractivity contribution < 1.29 is 4.42 Å². The molecule has 2 heterocycles. The van der Waals surface area contributed by atoms with Crippen LogP contribution in [-0.2, 0) is 5.75 Å². The Morgan fingerprint density at radius 1 is 1.04 bits per heavy atom. The normalized spacial score (nSPS) is 11.0. The maximum atomic E-state index is 6.07. The van der Waals surface area contributed by atoms with E-state index in [2.05, 4.69) is 15.2 Å². The first-order valence-corrected chi connectivity index (χ1v) is 9.42. The molecule has 4 rings (SSSR count). The number of benzene rings is 2. The molecule has 130 valence electrons. The molecule has 5 nitrogen and oxygen atoms in total. The number of rotatable bonds is 5. The molecule has 26 heavy (non-hydrogen) atoms. The van der Waals surface area contributed by atoms with Crippen LogP contribution in [0.1, 0.15) is 5.69 Å². The van der Waals surface area contributed by atoms with Gasteiger partial charge in [0.1, 0.15) is 12.6 Å². The minimum atomic E-state index is 0.541. The summed E-state index contributed by atoms with van der Waals surface area (Å²) in [5.41, 5.74) is 2.56. The van der Waals surface area contributed by atoms with Gasteiger partial charge >= 0.3 is 0 Å². The number of thioether (sulfide) groups is 1. The lowest BCUT2D eigenvalue weighted by Gasteiger charge is -2.05. The van der Waals surface area contributed by atoms with Crippen molar-refractivity contribution in [2.45, 2.75) is 10.9 Å². The zero-order valence-electron chi connectivity index (χ0n) is 13.3. The van der Waals surface area contributed by atoms with E-state index < -0.39 is 0 Å². The second-order valence-corrected chi connectivity index (χ2v) is 7.22. The molecule has 0 radical (unpaired) electrons. The predicted molar refractivity (Wildman–Crippen MR) is 103 cm³/mol. The maximum Gasteiger partial charge on any atom is 0.226 e. The van der Waals surface area contributed by atoms with Crippen molar-refractivity contribution >= 4 is 35.0 Å². The number of halogens is 2. The highest BCUT2D eigenvalue weighted by Gasteiger charge is 2.11. The van der Waals surface area contributed by atoms with Crippen molar-refractivity contribution in [2.24, 2.45) is 0 Å². The molecule has 0 aliphatic rings. The second kappa shape index (κ2) is 7.53. The van der Waals surface area contributed by atoms with Crippen molar-refractivity contribution in [3.8, 4) is 17.1 Å². The zero-order chi connectivity index (χ0) is 17.9. The van der Waals surface area contributed by atoms with E-state index in [4.69, 9.17) is 27.6 Å². The molecule has 0 aliphatic heterocycles. The fourth-order valence-electron chi connectivity index (χ4n) is 2.39. The number of hydrogen-bond acceptors (Lipinski definition) is 5. The van der Waals surface area contributed by atoms with Crippen LogP contribution in [0.5, 0.6) is 0 Å². The third kappa shape index (κ3) is 3.77. The van der Waals surface area contributed by atoms with Gasteiger partial charge in [-0.2, -0.15) is 0 Å². The summed E-state index contributed by atoms with van der Waals surface area (Å²) in [6.07, 6.45) is 3.30. The quantitative estimate of drug-likeness (QED) is 0.411. The van der Waals surface area contributed by atoms with Crippen LogP contribution >= 0.6 is 35.0 Å². The smallest absolute Gasteiger partial charge is 0.226 e. The van der Waals surface area contributed by atoms with Gasteiger partial charge in [-0.15, -0.1) is 10.2 Å². The van der Waals surface area contributed by atoms with Gasteiger partial charge in [0.05, 0.1) is 11.4 Å². The molecule has 0 spiro atoms. The minimum absolute atomic E-state index is 0.541. The van der Waals surface area contributed by atoms with Crippen LogP contribution in [-0.4, -0.2) is 19.7 Å². The molecule has 0 aliphatic carbocycles. The lowest BCUT2D eigenvalue weighted by atomic mass is 10.2. The summed E-state index contributed by atoms with van der Waals surface area (Å²) in [5.74, 6) is 1.14. The summed E-state index contributed by atoms with van der Waals surface area (Å²) in [5, 5.41) is 10.2. The fourth-order valence-corrected chi connectivity index (χ4v) is 3.57. The summed E-state index contributed by atoms with van der Waals surface area (Å²) in [4.78, 5) is 4.51. The second-order valence-electron chi connectivity index (χ2n) is 5.41. The van der Waals surface area contributed by atoms with Crippen molar-refractivity contribution in [3.05, 3.63) is 76.9 Å². The topological polar surface area (TPSA) is 56.7 Å². The molecule has 0 atom stereocenters. The first-order chi connectivity index (χ1) is 12.7. The van der Waals surface area contributed by atoms with Crippen molar-refractivity contribution in [3.63, 3.8) is 0 Å². The number of hydrogen-bond donors (Lipinski definition) is 0. The van der Waals surface area contributed by atoms with Gasteiger partial charge in [0, 0.05) is 21.4 Å². The van der Waals surface area contributed by atoms with E-state index in [0.717, 1.165) is 22.1 Å². The van der Waals surface area contributed by atoms with E-state index >= 15 is 0 Å². The first kappa shape index (κ1) is 17.1. The Hall–Kier alpha value is -2.28. The van der Waals surface area contributed by atoms with Crippen molar-refractivity contribution in [1.82, 2.24) is 19.7 Å². The molecule has 0 bridgehead atoms. The largest absolute Gasteiger partial charge is 0.444 e. The third-order valence-corrected chi connectivity index (χ3v) is 5.02. The average molecular weight is 403 g/mol. The van der Waals surface area contributed by atoms with Crippen LogP contribution in [0.15, 0.2) is 70.7 Å². The van der Waals surface area contributed by atoms with E-state index in [-0.39, 0.29) is 0 Å². The molecule has 8 heteroatoms. The van der Waals surface area contributed by atoms with Crippen molar-refractivity contribution in [1.29, 1.82) is 0 Å². The van der Waals surface area contributed by atoms with Crippen LogP contribution < -0.4 is 0 Å². The van der Waals surface area contributed by atoms with Crippen molar-refractivity contribution in [2.75, 3.05) is 0 Å². The molecule has 0 fully saturated rings. The van der Waals surface area contributed by atoms with E-state index in [9.17, 15) is 0 Å². The Bertz CT molecular complexity index is 1050. The van der Waals surface area contributed by atoms with Gasteiger partial charge in [-0.25, -0.2) is 4.98 Å². The molecule has 2 aromatic carbocycles. The van der Waals surface area contributed by atoms with Crippen LogP contribution in [0.25, 0.3) is 17.1 Å². The van der Waals surface area contributed by atoms with Gasteiger partial charge < -0.3 is 4.42 Å². The highest BCUT2D eigenvalue weighted by Crippen LogP contribution is 2.27. The molecule has 2 aromatic heterocycles. The summed E-state index contributed by atoms with van der Waals surface area (Å²) in [7, 11) is 0. The number of nitrogens with zero attached hydrogens (tertiary/aromatic N) is 4. The summed E-state index contributed by atoms with van der Waals surface area (Å²) in [6, 6.07) is 14.9. The van der Waals surface area contributed by atoms with Gasteiger partial charge in [0.2, 0.25) is 5.89 Å². The Kier molecular flexibility index (Phi) is 4.97.